The molecule has 1 fully saturated rings. The van der Waals surface area contributed by atoms with Crippen molar-refractivity contribution in [2.75, 3.05) is 40.8 Å². The number of likely N-dealkylation sites (N-methyl/N-ethyl adjacent to an activating group) is 1. The summed E-state index contributed by atoms with van der Waals surface area (Å²) in [7, 11) is 5.78. The Hall–Kier alpha value is -1.30. The van der Waals surface area contributed by atoms with Crippen LogP contribution in [-0.2, 0) is 4.79 Å². The number of rotatable bonds is 5. The van der Waals surface area contributed by atoms with Gasteiger partial charge >= 0.3 is 12.0 Å². The summed E-state index contributed by atoms with van der Waals surface area (Å²) in [6, 6.07) is 0.436. The monoisotopic (exact) mass is 257 g/mol. The van der Waals surface area contributed by atoms with Crippen LogP contribution in [0.15, 0.2) is 0 Å². The quantitative estimate of drug-likeness (QED) is 0.780. The molecule has 0 bridgehead atoms. The molecule has 0 aromatic carbocycles. The maximum Gasteiger partial charge on any atom is 0.319 e. The summed E-state index contributed by atoms with van der Waals surface area (Å²) in [5.41, 5.74) is 0. The highest BCUT2D eigenvalue weighted by Crippen LogP contribution is 2.14. The van der Waals surface area contributed by atoms with Gasteiger partial charge in [0.15, 0.2) is 0 Å². The van der Waals surface area contributed by atoms with Gasteiger partial charge in [0.1, 0.15) is 0 Å². The second-order valence-electron chi connectivity index (χ2n) is 5.05. The van der Waals surface area contributed by atoms with E-state index in [0.29, 0.717) is 19.0 Å². The molecule has 1 atom stereocenters. The van der Waals surface area contributed by atoms with Crippen LogP contribution in [0, 0.1) is 0 Å². The van der Waals surface area contributed by atoms with Crippen molar-refractivity contribution in [3.8, 4) is 0 Å². The van der Waals surface area contributed by atoms with Crippen LogP contribution in [0.1, 0.15) is 19.3 Å². The molecule has 1 saturated heterocycles. The van der Waals surface area contributed by atoms with Gasteiger partial charge in [0.05, 0.1) is 0 Å². The van der Waals surface area contributed by atoms with Crippen LogP contribution in [0.2, 0.25) is 0 Å². The van der Waals surface area contributed by atoms with Crippen molar-refractivity contribution < 1.29 is 14.7 Å². The zero-order valence-electron chi connectivity index (χ0n) is 11.4. The number of likely N-dealkylation sites (tertiary alicyclic amines) is 1. The molecule has 104 valence electrons. The Kier molecular flexibility index (Phi) is 5.40. The van der Waals surface area contributed by atoms with E-state index in [1.807, 2.05) is 19.0 Å². The van der Waals surface area contributed by atoms with Gasteiger partial charge in [-0.25, -0.2) is 4.79 Å². The zero-order chi connectivity index (χ0) is 13.7. The van der Waals surface area contributed by atoms with E-state index in [2.05, 4.69) is 4.90 Å². The minimum Gasteiger partial charge on any atom is -0.481 e. The molecule has 18 heavy (non-hydrogen) atoms. The third-order valence-corrected chi connectivity index (χ3v) is 3.37. The van der Waals surface area contributed by atoms with E-state index in [1.165, 1.54) is 0 Å². The van der Waals surface area contributed by atoms with E-state index in [4.69, 9.17) is 5.11 Å². The summed E-state index contributed by atoms with van der Waals surface area (Å²) in [5.74, 6) is -0.815. The fourth-order valence-corrected chi connectivity index (χ4v) is 2.14. The lowest BCUT2D eigenvalue weighted by Crippen LogP contribution is -2.42. The van der Waals surface area contributed by atoms with Crippen molar-refractivity contribution in [3.63, 3.8) is 0 Å². The first kappa shape index (κ1) is 14.8. The van der Waals surface area contributed by atoms with Gasteiger partial charge in [-0.1, -0.05) is 0 Å². The van der Waals surface area contributed by atoms with E-state index in [1.54, 1.807) is 11.9 Å². The minimum absolute atomic E-state index is 0.00439. The molecular weight excluding hydrogens is 234 g/mol. The summed E-state index contributed by atoms with van der Waals surface area (Å²) in [5, 5.41) is 8.55. The molecule has 1 aliphatic heterocycles. The summed E-state index contributed by atoms with van der Waals surface area (Å²) < 4.78 is 0. The average Bonchev–Trinajstić information content (AvgIpc) is 2.76. The zero-order valence-corrected chi connectivity index (χ0v) is 11.4. The molecule has 0 aromatic rings. The Labute approximate surface area is 108 Å². The molecule has 1 aliphatic rings. The Bertz CT molecular complexity index is 307. The van der Waals surface area contributed by atoms with Gasteiger partial charge in [-0.2, -0.15) is 0 Å². The highest BCUT2D eigenvalue weighted by atomic mass is 16.4. The van der Waals surface area contributed by atoms with Crippen molar-refractivity contribution >= 4 is 12.0 Å². The van der Waals surface area contributed by atoms with Crippen molar-refractivity contribution in [2.45, 2.75) is 25.3 Å². The van der Waals surface area contributed by atoms with Crippen molar-refractivity contribution in [2.24, 2.45) is 0 Å². The SMILES string of the molecule is CN(CCCC(=O)O)C(=O)N1CCC(N(C)C)C1. The first-order valence-corrected chi connectivity index (χ1v) is 6.30. The van der Waals surface area contributed by atoms with Gasteiger partial charge in [0.2, 0.25) is 0 Å². The highest BCUT2D eigenvalue weighted by Gasteiger charge is 2.28. The number of carbonyl (C=O) groups is 2. The maximum absolute atomic E-state index is 12.1. The van der Waals surface area contributed by atoms with Gasteiger partial charge < -0.3 is 19.8 Å². The number of amides is 2. The fourth-order valence-electron chi connectivity index (χ4n) is 2.14. The van der Waals surface area contributed by atoms with Crippen LogP contribution in [0.4, 0.5) is 4.79 Å². The lowest BCUT2D eigenvalue weighted by molar-refractivity contribution is -0.137. The van der Waals surface area contributed by atoms with Crippen LogP contribution < -0.4 is 0 Å². The summed E-state index contributed by atoms with van der Waals surface area (Å²) in [4.78, 5) is 28.1. The molecule has 1 heterocycles. The first-order chi connectivity index (χ1) is 8.41. The second-order valence-corrected chi connectivity index (χ2v) is 5.05. The number of carboxylic acid groups (broad SMARTS) is 1. The summed E-state index contributed by atoms with van der Waals surface area (Å²) in [6.07, 6.45) is 1.61. The largest absolute Gasteiger partial charge is 0.481 e. The molecule has 0 radical (unpaired) electrons. The Morgan fingerprint density at radius 1 is 1.33 bits per heavy atom. The van der Waals surface area contributed by atoms with Gasteiger partial charge in [0, 0.05) is 39.1 Å². The first-order valence-electron chi connectivity index (χ1n) is 6.30. The number of hydrogen-bond acceptors (Lipinski definition) is 3. The molecule has 1 N–H and O–H groups in total. The average molecular weight is 257 g/mol. The molecule has 2 amide bonds. The van der Waals surface area contributed by atoms with Crippen LogP contribution >= 0.6 is 0 Å². The number of carbonyl (C=O) groups excluding carboxylic acids is 1. The lowest BCUT2D eigenvalue weighted by Gasteiger charge is -2.25. The predicted molar refractivity (Wildman–Crippen MR) is 68.6 cm³/mol. The number of carboxylic acids is 1. The van der Waals surface area contributed by atoms with Crippen molar-refractivity contribution in [1.82, 2.24) is 14.7 Å². The fraction of sp³-hybridized carbons (Fsp3) is 0.833. The third-order valence-electron chi connectivity index (χ3n) is 3.37. The Morgan fingerprint density at radius 3 is 2.50 bits per heavy atom. The molecule has 0 aromatic heterocycles. The molecule has 1 rings (SSSR count). The van der Waals surface area contributed by atoms with Crippen LogP contribution in [0.3, 0.4) is 0 Å². The molecule has 6 heteroatoms. The molecule has 0 aliphatic carbocycles. The number of nitrogens with zero attached hydrogens (tertiary/aromatic N) is 3. The van der Waals surface area contributed by atoms with Gasteiger partial charge in [0.25, 0.3) is 0 Å². The Morgan fingerprint density at radius 2 is 2.00 bits per heavy atom. The van der Waals surface area contributed by atoms with Gasteiger partial charge in [-0.3, -0.25) is 4.79 Å². The number of urea groups is 1. The third kappa shape index (κ3) is 4.18. The van der Waals surface area contributed by atoms with Crippen LogP contribution in [-0.4, -0.2) is 78.6 Å². The van der Waals surface area contributed by atoms with Crippen molar-refractivity contribution in [3.05, 3.63) is 0 Å². The lowest BCUT2D eigenvalue weighted by atomic mass is 10.2. The van der Waals surface area contributed by atoms with Gasteiger partial charge in [-0.05, 0) is 26.9 Å². The van der Waals surface area contributed by atoms with E-state index < -0.39 is 5.97 Å². The van der Waals surface area contributed by atoms with Crippen molar-refractivity contribution in [1.29, 1.82) is 0 Å². The second kappa shape index (κ2) is 6.58. The number of hydrogen-bond donors (Lipinski definition) is 1. The summed E-state index contributed by atoms with van der Waals surface area (Å²) in [6.45, 7) is 2.04. The topological polar surface area (TPSA) is 64.1 Å². The minimum atomic E-state index is -0.815. The van der Waals surface area contributed by atoms with E-state index in [-0.39, 0.29) is 12.5 Å². The smallest absolute Gasteiger partial charge is 0.319 e. The molecule has 1 unspecified atom stereocenters. The molecular formula is C12H23N3O3. The van der Waals surface area contributed by atoms with Crippen LogP contribution in [0.5, 0.6) is 0 Å². The predicted octanol–water partition coefficient (Wildman–Crippen LogP) is 0.539. The van der Waals surface area contributed by atoms with E-state index in [9.17, 15) is 9.59 Å². The normalized spacial score (nSPS) is 19.3. The van der Waals surface area contributed by atoms with Gasteiger partial charge in [-0.15, -0.1) is 0 Å². The molecule has 0 spiro atoms. The summed E-state index contributed by atoms with van der Waals surface area (Å²) >= 11 is 0. The Balaban J connectivity index is 2.33. The highest BCUT2D eigenvalue weighted by molar-refractivity contribution is 5.74. The van der Waals surface area contributed by atoms with E-state index in [0.717, 1.165) is 19.5 Å². The maximum atomic E-state index is 12.1. The standard InChI is InChI=1S/C12H23N3O3/c1-13(2)10-6-8-15(9-10)12(18)14(3)7-4-5-11(16)17/h10H,4-9H2,1-3H3,(H,16,17). The molecule has 6 nitrogen and oxygen atoms in total. The number of aliphatic carboxylic acids is 1. The van der Waals surface area contributed by atoms with E-state index >= 15 is 0 Å². The molecule has 0 saturated carbocycles. The van der Waals surface area contributed by atoms with Crippen LogP contribution in [0.25, 0.3) is 0 Å².